The molecule has 1 aliphatic carbocycles. The van der Waals surface area contributed by atoms with Crippen molar-refractivity contribution in [1.82, 2.24) is 20.9 Å². The molecule has 2 aliphatic rings. The first-order valence-electron chi connectivity index (χ1n) is 15.3. The minimum atomic E-state index is -1.13. The van der Waals surface area contributed by atoms with Gasteiger partial charge in [-0.25, -0.2) is 0 Å². The summed E-state index contributed by atoms with van der Waals surface area (Å²) in [6, 6.07) is 14.9. The molecule has 9 heteroatoms. The predicted molar refractivity (Wildman–Crippen MR) is 162 cm³/mol. The Hall–Kier alpha value is -3.43. The topological polar surface area (TPSA) is 120 Å². The van der Waals surface area contributed by atoms with Crippen LogP contribution >= 0.6 is 0 Å². The maximum Gasteiger partial charge on any atom is 0.245 e. The smallest absolute Gasteiger partial charge is 0.245 e. The number of aliphatic hydroxyl groups is 1. The van der Waals surface area contributed by atoms with Crippen LogP contribution in [0.25, 0.3) is 0 Å². The molecule has 1 aliphatic heterocycles. The number of aryl methyl sites for hydroxylation is 1. The number of carbonyl (C=O) groups excluding carboxylic acids is 3. The minimum Gasteiger partial charge on any atom is -0.492 e. The lowest BCUT2D eigenvalue weighted by Gasteiger charge is -2.36. The Morgan fingerprint density at radius 1 is 0.929 bits per heavy atom. The van der Waals surface area contributed by atoms with Gasteiger partial charge in [-0.2, -0.15) is 0 Å². The lowest BCUT2D eigenvalue weighted by Crippen LogP contribution is -2.60. The molecule has 42 heavy (non-hydrogen) atoms. The average molecular weight is 579 g/mol. The molecule has 4 atom stereocenters. The Labute approximate surface area is 249 Å². The lowest BCUT2D eigenvalue weighted by atomic mass is 9.83. The Morgan fingerprint density at radius 2 is 1.64 bits per heavy atom. The van der Waals surface area contributed by atoms with Gasteiger partial charge in [-0.3, -0.25) is 14.4 Å². The van der Waals surface area contributed by atoms with Crippen LogP contribution in [0.3, 0.4) is 0 Å². The summed E-state index contributed by atoms with van der Waals surface area (Å²) in [6.07, 6.45) is 6.53. The van der Waals surface area contributed by atoms with Gasteiger partial charge in [-0.15, -0.1) is 0 Å². The molecule has 1 fully saturated rings. The number of hydrogen-bond acceptors (Lipinski definition) is 6. The van der Waals surface area contributed by atoms with Gasteiger partial charge in [-0.1, -0.05) is 74.7 Å². The van der Waals surface area contributed by atoms with Crippen molar-refractivity contribution in [3.63, 3.8) is 0 Å². The van der Waals surface area contributed by atoms with Crippen LogP contribution in [0.15, 0.2) is 54.6 Å². The standard InChI is InChI=1S/C33H46N4O5/c1-23(24-12-5-3-6-13-24)29-32(40)35-19-11-17-25-14-9-10-18-28(25)42-21-20-34-30(26-15-7-4-8-16-26)33(41)37(2)27(22-38)31(39)36-29/h3,5-6,9-10,12-14,18,23,26-27,29-30,34,38H,4,7-8,11,15-17,19-22H2,1-2H3,(H,35,40)(H,36,39)/t23?,27-,29+,30-/m0/s1. The fraction of sp³-hybridized carbons (Fsp3) is 0.545. The normalized spacial score (nSPS) is 24.8. The largest absolute Gasteiger partial charge is 0.492 e. The SMILES string of the molecule is CC(c1ccccc1)[C@H]1NC(=O)[C@H](CO)N(C)C(=O)[C@H](C2CCCCC2)NCCOc2ccccc2CCCNC1=O. The van der Waals surface area contributed by atoms with Gasteiger partial charge in [0.05, 0.1) is 12.6 Å². The second-order valence-corrected chi connectivity index (χ2v) is 11.5. The summed E-state index contributed by atoms with van der Waals surface area (Å²) < 4.78 is 6.13. The molecule has 0 aromatic heterocycles. The molecule has 2 aromatic carbocycles. The van der Waals surface area contributed by atoms with Gasteiger partial charge < -0.3 is 30.7 Å². The first kappa shape index (κ1) is 31.5. The zero-order valence-electron chi connectivity index (χ0n) is 24.9. The summed E-state index contributed by atoms with van der Waals surface area (Å²) in [7, 11) is 1.56. The number of likely N-dealkylation sites (N-methyl/N-ethyl adjacent to an activating group) is 1. The van der Waals surface area contributed by atoms with Gasteiger partial charge >= 0.3 is 0 Å². The number of ether oxygens (including phenoxy) is 1. The Balaban J connectivity index is 1.62. The molecule has 4 N–H and O–H groups in total. The quantitative estimate of drug-likeness (QED) is 0.443. The number of rotatable bonds is 4. The molecule has 0 radical (unpaired) electrons. The minimum absolute atomic E-state index is 0.130. The summed E-state index contributed by atoms with van der Waals surface area (Å²) in [5.41, 5.74) is 1.96. The predicted octanol–water partition coefficient (Wildman–Crippen LogP) is 2.77. The van der Waals surface area contributed by atoms with Crippen molar-refractivity contribution in [1.29, 1.82) is 0 Å². The van der Waals surface area contributed by atoms with E-state index in [0.29, 0.717) is 26.1 Å². The summed E-state index contributed by atoms with van der Waals surface area (Å²) >= 11 is 0. The van der Waals surface area contributed by atoms with Crippen LogP contribution in [-0.2, 0) is 20.8 Å². The first-order chi connectivity index (χ1) is 20.4. The molecule has 4 rings (SSSR count). The number of hydrogen-bond donors (Lipinski definition) is 4. The van der Waals surface area contributed by atoms with Crippen molar-refractivity contribution in [3.8, 4) is 5.75 Å². The van der Waals surface area contributed by atoms with Crippen LogP contribution < -0.4 is 20.7 Å². The van der Waals surface area contributed by atoms with Crippen LogP contribution in [0.1, 0.15) is 62.5 Å². The molecule has 3 amide bonds. The third-order valence-electron chi connectivity index (χ3n) is 8.70. The average Bonchev–Trinajstić information content (AvgIpc) is 3.02. The zero-order chi connectivity index (χ0) is 29.9. The molecular formula is C33H46N4O5. The highest BCUT2D eigenvalue weighted by Crippen LogP contribution is 2.28. The van der Waals surface area contributed by atoms with Crippen LogP contribution in [-0.4, -0.2) is 79.2 Å². The molecule has 2 aromatic rings. The first-order valence-corrected chi connectivity index (χ1v) is 15.3. The van der Waals surface area contributed by atoms with E-state index >= 15 is 0 Å². The fourth-order valence-electron chi connectivity index (χ4n) is 6.12. The van der Waals surface area contributed by atoms with Gasteiger partial charge in [0.25, 0.3) is 0 Å². The summed E-state index contributed by atoms with van der Waals surface area (Å²) in [6.45, 7) is 2.62. The van der Waals surface area contributed by atoms with Crippen molar-refractivity contribution < 1.29 is 24.2 Å². The Morgan fingerprint density at radius 3 is 2.38 bits per heavy atom. The lowest BCUT2D eigenvalue weighted by molar-refractivity contribution is -0.144. The van der Waals surface area contributed by atoms with Crippen molar-refractivity contribution in [2.75, 3.05) is 33.4 Å². The fourth-order valence-corrected chi connectivity index (χ4v) is 6.12. The molecule has 1 heterocycles. The second kappa shape index (κ2) is 15.7. The Bertz CT molecular complexity index is 1170. The van der Waals surface area contributed by atoms with Gasteiger partial charge in [0, 0.05) is 26.1 Å². The maximum atomic E-state index is 13.9. The third-order valence-corrected chi connectivity index (χ3v) is 8.70. The third kappa shape index (κ3) is 8.10. The van der Waals surface area contributed by atoms with Crippen molar-refractivity contribution in [2.45, 2.75) is 75.9 Å². The zero-order valence-corrected chi connectivity index (χ0v) is 24.9. The number of para-hydroxylation sites is 1. The van der Waals surface area contributed by atoms with Gasteiger partial charge in [0.15, 0.2) is 0 Å². The number of aliphatic hydroxyl groups excluding tert-OH is 1. The number of nitrogens with one attached hydrogen (secondary N) is 3. The van der Waals surface area contributed by atoms with Gasteiger partial charge in [-0.05, 0) is 48.8 Å². The Kier molecular flexibility index (Phi) is 11.8. The van der Waals surface area contributed by atoms with Gasteiger partial charge in [0.1, 0.15) is 24.4 Å². The highest BCUT2D eigenvalue weighted by Gasteiger charge is 2.37. The van der Waals surface area contributed by atoms with Crippen LogP contribution in [0.5, 0.6) is 5.75 Å². The highest BCUT2D eigenvalue weighted by molar-refractivity contribution is 5.93. The molecule has 0 saturated heterocycles. The van der Waals surface area contributed by atoms with E-state index in [1.807, 2.05) is 61.5 Å². The van der Waals surface area contributed by atoms with Crippen molar-refractivity contribution in [3.05, 3.63) is 65.7 Å². The van der Waals surface area contributed by atoms with E-state index in [1.54, 1.807) is 7.05 Å². The number of benzene rings is 2. The molecule has 0 spiro atoms. The summed E-state index contributed by atoms with van der Waals surface area (Å²) in [5.74, 6) is -0.519. The van der Waals surface area contributed by atoms with Crippen molar-refractivity contribution in [2.24, 2.45) is 5.92 Å². The molecule has 0 bridgehead atoms. The maximum absolute atomic E-state index is 13.9. The highest BCUT2D eigenvalue weighted by atomic mass is 16.5. The molecule has 228 valence electrons. The number of amides is 3. The van der Waals surface area contributed by atoms with E-state index in [2.05, 4.69) is 16.0 Å². The molecule has 1 unspecified atom stereocenters. The molecule has 1 saturated carbocycles. The van der Waals surface area contributed by atoms with E-state index in [9.17, 15) is 19.5 Å². The number of nitrogens with zero attached hydrogens (tertiary/aromatic N) is 1. The van der Waals surface area contributed by atoms with Crippen LogP contribution in [0, 0.1) is 5.92 Å². The number of fused-ring (bicyclic) bond motifs is 1. The van der Waals surface area contributed by atoms with E-state index in [4.69, 9.17) is 4.74 Å². The number of carbonyl (C=O) groups is 3. The van der Waals surface area contributed by atoms with E-state index in [1.165, 1.54) is 4.90 Å². The second-order valence-electron chi connectivity index (χ2n) is 11.5. The van der Waals surface area contributed by atoms with Crippen molar-refractivity contribution >= 4 is 17.7 Å². The monoisotopic (exact) mass is 578 g/mol. The van der Waals surface area contributed by atoms with E-state index < -0.39 is 30.6 Å². The molecular weight excluding hydrogens is 532 g/mol. The van der Waals surface area contributed by atoms with E-state index in [0.717, 1.165) is 55.4 Å². The molecule has 9 nitrogen and oxygen atoms in total. The van der Waals surface area contributed by atoms with Gasteiger partial charge in [0.2, 0.25) is 17.7 Å². The van der Waals surface area contributed by atoms with Crippen LogP contribution in [0.2, 0.25) is 0 Å². The summed E-state index contributed by atoms with van der Waals surface area (Å²) in [4.78, 5) is 42.4. The summed E-state index contributed by atoms with van der Waals surface area (Å²) in [5, 5.41) is 19.6. The van der Waals surface area contributed by atoms with Crippen LogP contribution in [0.4, 0.5) is 0 Å². The van der Waals surface area contributed by atoms with E-state index in [-0.39, 0.29) is 23.7 Å².